The van der Waals surface area contributed by atoms with Crippen LogP contribution in [0.1, 0.15) is 26.5 Å². The molecule has 0 atom stereocenters. The Hall–Kier alpha value is -0.570. The highest BCUT2D eigenvalue weighted by molar-refractivity contribution is 9.10. The monoisotopic (exact) mass is 229 g/mol. The van der Waals surface area contributed by atoms with Gasteiger partial charge in [-0.2, -0.15) is 0 Å². The summed E-state index contributed by atoms with van der Waals surface area (Å²) in [6.07, 6.45) is 0. The van der Waals surface area contributed by atoms with Gasteiger partial charge in [-0.1, -0.05) is 20.8 Å². The number of nitrogens with zero attached hydrogens (tertiary/aromatic N) is 1. The minimum Gasteiger partial charge on any atom is -0.505 e. The zero-order valence-corrected chi connectivity index (χ0v) is 9.01. The van der Waals surface area contributed by atoms with E-state index < -0.39 is 0 Å². The van der Waals surface area contributed by atoms with Gasteiger partial charge in [0, 0.05) is 11.1 Å². The van der Waals surface area contributed by atoms with E-state index in [9.17, 15) is 5.11 Å². The molecular formula is C9H12BrNO. The number of hydrogen-bond donors (Lipinski definition) is 1. The highest BCUT2D eigenvalue weighted by Crippen LogP contribution is 2.26. The average molecular weight is 230 g/mol. The van der Waals surface area contributed by atoms with E-state index >= 15 is 0 Å². The molecule has 0 aliphatic heterocycles. The molecule has 0 aromatic carbocycles. The maximum absolute atomic E-state index is 9.20. The quantitative estimate of drug-likeness (QED) is 0.695. The van der Waals surface area contributed by atoms with Crippen LogP contribution in [-0.2, 0) is 5.41 Å². The third-order valence-corrected chi connectivity index (χ3v) is 2.18. The molecule has 1 heterocycles. The summed E-state index contributed by atoms with van der Waals surface area (Å²) in [6, 6.07) is 3.48. The van der Waals surface area contributed by atoms with Gasteiger partial charge in [0.1, 0.15) is 10.4 Å². The summed E-state index contributed by atoms with van der Waals surface area (Å²) in [5.41, 5.74) is 0.989. The van der Waals surface area contributed by atoms with E-state index in [4.69, 9.17) is 0 Å². The van der Waals surface area contributed by atoms with Crippen LogP contribution in [0.3, 0.4) is 0 Å². The molecule has 2 nitrogen and oxygen atoms in total. The van der Waals surface area contributed by atoms with Crippen LogP contribution in [0.15, 0.2) is 16.7 Å². The molecule has 0 unspecified atom stereocenters. The van der Waals surface area contributed by atoms with Crippen molar-refractivity contribution in [1.29, 1.82) is 0 Å². The van der Waals surface area contributed by atoms with Crippen LogP contribution in [0, 0.1) is 0 Å². The molecule has 12 heavy (non-hydrogen) atoms. The Balaban J connectivity index is 3.14. The summed E-state index contributed by atoms with van der Waals surface area (Å²) in [5, 5.41) is 9.20. The first kappa shape index (κ1) is 9.52. The lowest BCUT2D eigenvalue weighted by Crippen LogP contribution is -2.13. The molecule has 0 aliphatic rings. The van der Waals surface area contributed by atoms with Gasteiger partial charge in [-0.15, -0.1) is 0 Å². The van der Waals surface area contributed by atoms with Crippen molar-refractivity contribution in [2.75, 3.05) is 0 Å². The SMILES string of the molecule is CC(C)(C)c1ccc(O)c(Br)n1. The molecule has 0 amide bonds. The van der Waals surface area contributed by atoms with Crippen molar-refractivity contribution in [3.05, 3.63) is 22.4 Å². The number of pyridine rings is 1. The van der Waals surface area contributed by atoms with Crippen molar-refractivity contribution in [2.45, 2.75) is 26.2 Å². The van der Waals surface area contributed by atoms with E-state index in [0.29, 0.717) is 4.60 Å². The van der Waals surface area contributed by atoms with Gasteiger partial charge in [-0.25, -0.2) is 4.98 Å². The highest BCUT2D eigenvalue weighted by Gasteiger charge is 2.16. The second kappa shape index (κ2) is 3.05. The molecule has 0 saturated carbocycles. The zero-order chi connectivity index (χ0) is 9.35. The fraction of sp³-hybridized carbons (Fsp3) is 0.444. The van der Waals surface area contributed by atoms with Gasteiger partial charge in [0.2, 0.25) is 0 Å². The summed E-state index contributed by atoms with van der Waals surface area (Å²) in [7, 11) is 0. The van der Waals surface area contributed by atoms with Gasteiger partial charge in [0.15, 0.2) is 0 Å². The van der Waals surface area contributed by atoms with Crippen molar-refractivity contribution in [2.24, 2.45) is 0 Å². The Morgan fingerprint density at radius 3 is 2.33 bits per heavy atom. The van der Waals surface area contributed by atoms with E-state index in [1.165, 1.54) is 0 Å². The van der Waals surface area contributed by atoms with Crippen molar-refractivity contribution < 1.29 is 5.11 Å². The van der Waals surface area contributed by atoms with Crippen molar-refractivity contribution in [1.82, 2.24) is 4.98 Å². The Morgan fingerprint density at radius 2 is 1.92 bits per heavy atom. The normalized spacial score (nSPS) is 11.7. The van der Waals surface area contributed by atoms with Crippen LogP contribution < -0.4 is 0 Å². The van der Waals surface area contributed by atoms with Gasteiger partial charge < -0.3 is 5.11 Å². The molecule has 0 spiro atoms. The van der Waals surface area contributed by atoms with Crippen molar-refractivity contribution in [3.8, 4) is 5.75 Å². The maximum Gasteiger partial charge on any atom is 0.148 e. The van der Waals surface area contributed by atoms with Crippen molar-refractivity contribution >= 4 is 15.9 Å². The van der Waals surface area contributed by atoms with Crippen molar-refractivity contribution in [3.63, 3.8) is 0 Å². The first-order chi connectivity index (χ1) is 5.41. The van der Waals surface area contributed by atoms with Gasteiger partial charge in [0.25, 0.3) is 0 Å². The molecule has 1 aromatic rings. The number of aromatic nitrogens is 1. The van der Waals surface area contributed by atoms with Gasteiger partial charge in [0.05, 0.1) is 0 Å². The van der Waals surface area contributed by atoms with E-state index in [1.54, 1.807) is 6.07 Å². The average Bonchev–Trinajstić information content (AvgIpc) is 1.92. The second-order valence-corrected chi connectivity index (χ2v) is 4.51. The standard InChI is InChI=1S/C9H12BrNO/c1-9(2,3)7-5-4-6(12)8(10)11-7/h4-5,12H,1-3H3. The maximum atomic E-state index is 9.20. The lowest BCUT2D eigenvalue weighted by atomic mass is 9.92. The molecule has 1 rings (SSSR count). The Kier molecular flexibility index (Phi) is 2.42. The lowest BCUT2D eigenvalue weighted by molar-refractivity contribution is 0.465. The highest BCUT2D eigenvalue weighted by atomic mass is 79.9. The molecule has 0 aliphatic carbocycles. The first-order valence-electron chi connectivity index (χ1n) is 3.77. The minimum atomic E-state index is 0.0240. The van der Waals surface area contributed by atoms with Gasteiger partial charge in [-0.3, -0.25) is 0 Å². The second-order valence-electron chi connectivity index (χ2n) is 3.76. The molecule has 0 fully saturated rings. The molecule has 0 saturated heterocycles. The van der Waals surface area contributed by atoms with Crippen LogP contribution in [0.2, 0.25) is 0 Å². The van der Waals surface area contributed by atoms with Crippen LogP contribution in [-0.4, -0.2) is 10.1 Å². The summed E-state index contributed by atoms with van der Waals surface area (Å²) >= 11 is 3.18. The smallest absolute Gasteiger partial charge is 0.148 e. The third-order valence-electron chi connectivity index (χ3n) is 1.60. The molecule has 1 aromatic heterocycles. The third kappa shape index (κ3) is 1.97. The van der Waals surface area contributed by atoms with E-state index in [0.717, 1.165) is 5.69 Å². The summed E-state index contributed by atoms with van der Waals surface area (Å²) in [5.74, 6) is 0.183. The summed E-state index contributed by atoms with van der Waals surface area (Å²) in [6.45, 7) is 6.25. The molecule has 3 heteroatoms. The predicted molar refractivity (Wildman–Crippen MR) is 52.3 cm³/mol. The van der Waals surface area contributed by atoms with E-state index in [2.05, 4.69) is 41.7 Å². The van der Waals surface area contributed by atoms with Crippen LogP contribution >= 0.6 is 15.9 Å². The molecule has 0 radical (unpaired) electrons. The summed E-state index contributed by atoms with van der Waals surface area (Å²) < 4.78 is 0.509. The number of halogens is 1. The Morgan fingerprint density at radius 1 is 1.33 bits per heavy atom. The number of rotatable bonds is 0. The first-order valence-corrected chi connectivity index (χ1v) is 4.56. The molecule has 0 bridgehead atoms. The molecule has 1 N–H and O–H groups in total. The molecular weight excluding hydrogens is 218 g/mol. The predicted octanol–water partition coefficient (Wildman–Crippen LogP) is 2.85. The largest absolute Gasteiger partial charge is 0.505 e. The van der Waals surface area contributed by atoms with Gasteiger partial charge >= 0.3 is 0 Å². The topological polar surface area (TPSA) is 33.1 Å². The Labute approximate surface area is 80.8 Å². The number of hydrogen-bond acceptors (Lipinski definition) is 2. The fourth-order valence-corrected chi connectivity index (χ4v) is 1.17. The van der Waals surface area contributed by atoms with Crippen LogP contribution in [0.4, 0.5) is 0 Å². The number of aromatic hydroxyl groups is 1. The zero-order valence-electron chi connectivity index (χ0n) is 7.43. The minimum absolute atomic E-state index is 0.0240. The summed E-state index contributed by atoms with van der Waals surface area (Å²) in [4.78, 5) is 4.21. The van der Waals surface area contributed by atoms with E-state index in [1.807, 2.05) is 6.07 Å². The van der Waals surface area contributed by atoms with Gasteiger partial charge in [-0.05, 0) is 28.1 Å². The Bertz CT molecular complexity index is 291. The molecule has 66 valence electrons. The van der Waals surface area contributed by atoms with Crippen LogP contribution in [0.5, 0.6) is 5.75 Å². The lowest BCUT2D eigenvalue weighted by Gasteiger charge is -2.17. The van der Waals surface area contributed by atoms with Crippen LogP contribution in [0.25, 0.3) is 0 Å². The fourth-order valence-electron chi connectivity index (χ4n) is 0.845. The van der Waals surface area contributed by atoms with E-state index in [-0.39, 0.29) is 11.2 Å².